The van der Waals surface area contributed by atoms with Gasteiger partial charge in [-0.1, -0.05) is 13.0 Å². The summed E-state index contributed by atoms with van der Waals surface area (Å²) in [5.74, 6) is 1.22. The van der Waals surface area contributed by atoms with E-state index in [0.717, 1.165) is 30.7 Å². The highest BCUT2D eigenvalue weighted by Gasteiger charge is 2.44. The van der Waals surface area contributed by atoms with Gasteiger partial charge in [0, 0.05) is 12.3 Å². The molecule has 1 unspecified atom stereocenters. The van der Waals surface area contributed by atoms with Gasteiger partial charge < -0.3 is 14.9 Å². The number of nitrogens with zero attached hydrogens (tertiary/aromatic N) is 1. The van der Waals surface area contributed by atoms with Crippen LogP contribution in [0.4, 0.5) is 0 Å². The lowest BCUT2D eigenvalue weighted by atomic mass is 9.68. The van der Waals surface area contributed by atoms with E-state index in [0.29, 0.717) is 18.4 Å². The summed E-state index contributed by atoms with van der Waals surface area (Å²) >= 11 is 0. The average molecular weight is 260 g/mol. The standard InChI is InChI=1S/C15H20N2O2/c1-10(5-6-16)15(8-18-9-15)12-3-4-14-13(7-12)17-11(2)19-14/h3-4,7,10H,5-6,8-9,16H2,1-2H3. The number of hydrogen-bond donors (Lipinski definition) is 1. The second-order valence-electron chi connectivity index (χ2n) is 5.54. The molecule has 1 aliphatic heterocycles. The first kappa shape index (κ1) is 12.6. The highest BCUT2D eigenvalue weighted by atomic mass is 16.5. The third-order valence-corrected chi connectivity index (χ3v) is 4.33. The summed E-state index contributed by atoms with van der Waals surface area (Å²) in [7, 11) is 0. The van der Waals surface area contributed by atoms with E-state index < -0.39 is 0 Å². The predicted molar refractivity (Wildman–Crippen MR) is 74.1 cm³/mol. The largest absolute Gasteiger partial charge is 0.441 e. The molecule has 4 heteroatoms. The van der Waals surface area contributed by atoms with Crippen LogP contribution in [0.2, 0.25) is 0 Å². The molecular weight excluding hydrogens is 240 g/mol. The summed E-state index contributed by atoms with van der Waals surface area (Å²) in [5, 5.41) is 0. The van der Waals surface area contributed by atoms with Crippen molar-refractivity contribution in [1.29, 1.82) is 0 Å². The van der Waals surface area contributed by atoms with E-state index in [-0.39, 0.29) is 5.41 Å². The van der Waals surface area contributed by atoms with E-state index in [2.05, 4.69) is 24.0 Å². The third-order valence-electron chi connectivity index (χ3n) is 4.33. The van der Waals surface area contributed by atoms with Gasteiger partial charge in [0.2, 0.25) is 0 Å². The monoisotopic (exact) mass is 260 g/mol. The molecule has 19 heavy (non-hydrogen) atoms. The molecule has 1 saturated heterocycles. The normalized spacial score (nSPS) is 19.3. The molecular formula is C15H20N2O2. The van der Waals surface area contributed by atoms with Crippen molar-refractivity contribution in [3.8, 4) is 0 Å². The molecule has 4 nitrogen and oxygen atoms in total. The molecule has 2 N–H and O–H groups in total. The Morgan fingerprint density at radius 2 is 2.21 bits per heavy atom. The Labute approximate surface area is 112 Å². The maximum Gasteiger partial charge on any atom is 0.192 e. The van der Waals surface area contributed by atoms with E-state index >= 15 is 0 Å². The number of hydrogen-bond acceptors (Lipinski definition) is 4. The summed E-state index contributed by atoms with van der Waals surface area (Å²) in [6.45, 7) is 6.40. The summed E-state index contributed by atoms with van der Waals surface area (Å²) in [6, 6.07) is 6.30. The Bertz CT molecular complexity index is 587. The molecule has 3 rings (SSSR count). The molecule has 0 amide bonds. The Hall–Kier alpha value is -1.39. The topological polar surface area (TPSA) is 61.3 Å². The maximum absolute atomic E-state index is 5.71. The van der Waals surface area contributed by atoms with Gasteiger partial charge in [0.05, 0.1) is 13.2 Å². The van der Waals surface area contributed by atoms with Crippen LogP contribution in [0.5, 0.6) is 0 Å². The fraction of sp³-hybridized carbons (Fsp3) is 0.533. The summed E-state index contributed by atoms with van der Waals surface area (Å²) < 4.78 is 11.0. The average Bonchev–Trinajstić information content (AvgIpc) is 2.67. The summed E-state index contributed by atoms with van der Waals surface area (Å²) in [6.07, 6.45) is 1.01. The van der Waals surface area contributed by atoms with Gasteiger partial charge in [-0.15, -0.1) is 0 Å². The van der Waals surface area contributed by atoms with Crippen LogP contribution in [0.15, 0.2) is 22.6 Å². The Morgan fingerprint density at radius 3 is 2.84 bits per heavy atom. The highest BCUT2D eigenvalue weighted by molar-refractivity contribution is 5.74. The van der Waals surface area contributed by atoms with E-state index in [1.807, 2.05) is 13.0 Å². The van der Waals surface area contributed by atoms with E-state index in [1.165, 1.54) is 5.56 Å². The molecule has 0 aliphatic carbocycles. The van der Waals surface area contributed by atoms with Crippen molar-refractivity contribution in [1.82, 2.24) is 4.98 Å². The molecule has 0 spiro atoms. The van der Waals surface area contributed by atoms with Crippen LogP contribution in [0.3, 0.4) is 0 Å². The van der Waals surface area contributed by atoms with Crippen molar-refractivity contribution < 1.29 is 9.15 Å². The zero-order valence-electron chi connectivity index (χ0n) is 11.5. The maximum atomic E-state index is 5.71. The van der Waals surface area contributed by atoms with Crippen molar-refractivity contribution in [3.05, 3.63) is 29.7 Å². The molecule has 102 valence electrons. The number of rotatable bonds is 4. The lowest BCUT2D eigenvalue weighted by Gasteiger charge is -2.46. The smallest absolute Gasteiger partial charge is 0.192 e. The molecule has 1 aromatic carbocycles. The predicted octanol–water partition coefficient (Wildman–Crippen LogP) is 2.39. The van der Waals surface area contributed by atoms with E-state index in [9.17, 15) is 0 Å². The van der Waals surface area contributed by atoms with E-state index in [1.54, 1.807) is 0 Å². The lowest BCUT2D eigenvalue weighted by Crippen LogP contribution is -2.52. The zero-order valence-corrected chi connectivity index (χ0v) is 11.5. The molecule has 1 aliphatic rings. The molecule has 1 fully saturated rings. The first-order chi connectivity index (χ1) is 9.15. The fourth-order valence-corrected chi connectivity index (χ4v) is 2.94. The molecule has 1 aromatic heterocycles. The fourth-order valence-electron chi connectivity index (χ4n) is 2.94. The quantitative estimate of drug-likeness (QED) is 0.917. The van der Waals surface area contributed by atoms with Gasteiger partial charge in [-0.05, 0) is 36.6 Å². The van der Waals surface area contributed by atoms with Crippen molar-refractivity contribution in [2.45, 2.75) is 25.7 Å². The van der Waals surface area contributed by atoms with Crippen LogP contribution in [0.25, 0.3) is 11.1 Å². The van der Waals surface area contributed by atoms with E-state index in [4.69, 9.17) is 14.9 Å². The van der Waals surface area contributed by atoms with Crippen molar-refractivity contribution >= 4 is 11.1 Å². The number of ether oxygens (including phenoxy) is 1. The molecule has 0 radical (unpaired) electrons. The second kappa shape index (κ2) is 4.62. The van der Waals surface area contributed by atoms with Crippen LogP contribution in [-0.2, 0) is 10.2 Å². The van der Waals surface area contributed by atoms with Gasteiger partial charge in [-0.3, -0.25) is 0 Å². The minimum atomic E-state index is 0.0976. The van der Waals surface area contributed by atoms with Crippen LogP contribution in [0.1, 0.15) is 24.8 Å². The first-order valence-corrected chi connectivity index (χ1v) is 6.81. The molecule has 2 heterocycles. The van der Waals surface area contributed by atoms with Gasteiger partial charge in [-0.2, -0.15) is 0 Å². The van der Waals surface area contributed by atoms with Crippen LogP contribution in [-0.4, -0.2) is 24.7 Å². The SMILES string of the molecule is Cc1nc2cc(C3(C(C)CCN)COC3)ccc2o1. The van der Waals surface area contributed by atoms with Crippen LogP contribution in [0, 0.1) is 12.8 Å². The molecule has 1 atom stereocenters. The number of oxazole rings is 1. The number of nitrogens with two attached hydrogens (primary N) is 1. The van der Waals surface area contributed by atoms with Gasteiger partial charge in [0.1, 0.15) is 5.52 Å². The highest BCUT2D eigenvalue weighted by Crippen LogP contribution is 2.41. The van der Waals surface area contributed by atoms with Gasteiger partial charge in [0.25, 0.3) is 0 Å². The Balaban J connectivity index is 2.01. The van der Waals surface area contributed by atoms with Crippen molar-refractivity contribution in [2.24, 2.45) is 11.7 Å². The Morgan fingerprint density at radius 1 is 1.42 bits per heavy atom. The Kier molecular flexibility index (Phi) is 3.07. The van der Waals surface area contributed by atoms with Crippen molar-refractivity contribution in [3.63, 3.8) is 0 Å². The number of aryl methyl sites for hydroxylation is 1. The summed E-state index contributed by atoms with van der Waals surface area (Å²) in [5.41, 5.74) is 8.88. The van der Waals surface area contributed by atoms with Gasteiger partial charge >= 0.3 is 0 Å². The van der Waals surface area contributed by atoms with Crippen molar-refractivity contribution in [2.75, 3.05) is 19.8 Å². The molecule has 0 saturated carbocycles. The first-order valence-electron chi connectivity index (χ1n) is 6.81. The molecule has 2 aromatic rings. The minimum Gasteiger partial charge on any atom is -0.441 e. The molecule has 0 bridgehead atoms. The third kappa shape index (κ3) is 1.95. The minimum absolute atomic E-state index is 0.0976. The zero-order chi connectivity index (χ0) is 13.5. The van der Waals surface area contributed by atoms with Crippen LogP contribution >= 0.6 is 0 Å². The number of benzene rings is 1. The lowest BCUT2D eigenvalue weighted by molar-refractivity contribution is -0.0882. The number of fused-ring (bicyclic) bond motifs is 1. The second-order valence-corrected chi connectivity index (χ2v) is 5.54. The summed E-state index contributed by atoms with van der Waals surface area (Å²) in [4.78, 5) is 4.42. The van der Waals surface area contributed by atoms with Gasteiger partial charge in [0.15, 0.2) is 11.5 Å². The number of aromatic nitrogens is 1. The van der Waals surface area contributed by atoms with Crippen LogP contribution < -0.4 is 5.73 Å². The van der Waals surface area contributed by atoms with Gasteiger partial charge in [-0.25, -0.2) is 4.98 Å².